The average Bonchev–Trinajstić information content (AvgIpc) is 3.21. The van der Waals surface area contributed by atoms with Crippen molar-refractivity contribution in [2.75, 3.05) is 13.7 Å². The minimum absolute atomic E-state index is 0.220. The highest BCUT2D eigenvalue weighted by Crippen LogP contribution is 2.47. The van der Waals surface area contributed by atoms with Gasteiger partial charge in [0.1, 0.15) is 11.4 Å². The number of rotatable bonds is 7. The molecule has 8 heteroatoms. The number of fused-ring (bicyclic) bond motifs is 1. The molecule has 1 aliphatic carbocycles. The highest BCUT2D eigenvalue weighted by molar-refractivity contribution is 8.00. The first-order valence-electron chi connectivity index (χ1n) is 11.5. The summed E-state index contributed by atoms with van der Waals surface area (Å²) in [6.07, 6.45) is 1.13. The molecule has 0 unspecified atom stereocenters. The maximum atomic E-state index is 13.2. The number of carbonyl (C=O) groups excluding carboxylic acids is 1. The summed E-state index contributed by atoms with van der Waals surface area (Å²) in [5, 5.41) is 0.813. The van der Waals surface area contributed by atoms with Crippen molar-refractivity contribution < 1.29 is 27.4 Å². The van der Waals surface area contributed by atoms with Crippen LogP contribution in [0.5, 0.6) is 5.75 Å². The van der Waals surface area contributed by atoms with E-state index in [2.05, 4.69) is 4.98 Å². The van der Waals surface area contributed by atoms with Gasteiger partial charge in [-0.2, -0.15) is 13.2 Å². The number of hydrogen-bond acceptors (Lipinski definition) is 4. The summed E-state index contributed by atoms with van der Waals surface area (Å²) >= 11 is 1.72. The number of thioether (sulfide) groups is 1. The molecule has 0 aliphatic heterocycles. The van der Waals surface area contributed by atoms with Gasteiger partial charge in [-0.25, -0.2) is 4.79 Å². The van der Waals surface area contributed by atoms with E-state index in [-0.39, 0.29) is 11.9 Å². The molecule has 1 aromatic heterocycles. The Kier molecular flexibility index (Phi) is 7.45. The molecule has 0 bridgehead atoms. The van der Waals surface area contributed by atoms with E-state index in [1.807, 2.05) is 12.1 Å². The molecule has 4 rings (SSSR count). The fraction of sp³-hybridized carbons (Fsp3) is 0.423. The van der Waals surface area contributed by atoms with Crippen molar-refractivity contribution in [1.82, 2.24) is 4.98 Å². The number of H-pyrrole nitrogens is 1. The zero-order valence-corrected chi connectivity index (χ0v) is 20.0. The summed E-state index contributed by atoms with van der Waals surface area (Å²) in [6, 6.07) is 10.8. The van der Waals surface area contributed by atoms with Crippen molar-refractivity contribution in [2.24, 2.45) is 0 Å². The second kappa shape index (κ2) is 10.3. The summed E-state index contributed by atoms with van der Waals surface area (Å²) < 4.78 is 50.4. The number of nitrogens with one attached hydrogen (secondary N) is 1. The van der Waals surface area contributed by atoms with Crippen LogP contribution in [0.15, 0.2) is 42.5 Å². The fourth-order valence-corrected chi connectivity index (χ4v) is 6.19. The third kappa shape index (κ3) is 5.22. The molecule has 0 spiro atoms. The van der Waals surface area contributed by atoms with E-state index in [1.54, 1.807) is 31.9 Å². The van der Waals surface area contributed by atoms with Crippen LogP contribution >= 0.6 is 11.8 Å². The molecular weight excluding hydrogens is 463 g/mol. The smallest absolute Gasteiger partial charge is 0.416 e. The van der Waals surface area contributed by atoms with Gasteiger partial charge in [0.25, 0.3) is 0 Å². The number of alkyl halides is 3. The Bertz CT molecular complexity index is 1130. The normalized spacial score (nSPS) is 15.9. The van der Waals surface area contributed by atoms with Crippen LogP contribution in [-0.4, -0.2) is 29.9 Å². The summed E-state index contributed by atoms with van der Waals surface area (Å²) in [7, 11) is 1.57. The van der Waals surface area contributed by atoms with Crippen LogP contribution in [0, 0.1) is 0 Å². The number of esters is 1. The third-order valence-corrected chi connectivity index (χ3v) is 7.85. The second-order valence-corrected chi connectivity index (χ2v) is 9.85. The molecule has 1 N–H and O–H groups in total. The lowest BCUT2D eigenvalue weighted by atomic mass is 9.99. The van der Waals surface area contributed by atoms with E-state index in [9.17, 15) is 18.0 Å². The van der Waals surface area contributed by atoms with E-state index in [1.165, 1.54) is 18.6 Å². The van der Waals surface area contributed by atoms with Crippen LogP contribution in [0.2, 0.25) is 0 Å². The van der Waals surface area contributed by atoms with Crippen molar-refractivity contribution in [3.63, 3.8) is 0 Å². The third-order valence-electron chi connectivity index (χ3n) is 6.21. The standard InChI is InChI=1S/C26H28F3NO3S/c1-3-33-25(31)23-22(20-15-18(32-2)13-14-21(20)30-23)24(34-19-7-5-4-6-8-19)16-9-11-17(12-10-16)26(27,28)29/h9-15,19,24,30H,3-8H2,1-2H3/t24-/m0/s1. The van der Waals surface area contributed by atoms with Crippen molar-refractivity contribution in [1.29, 1.82) is 0 Å². The lowest BCUT2D eigenvalue weighted by Crippen LogP contribution is -2.15. The van der Waals surface area contributed by atoms with E-state index >= 15 is 0 Å². The van der Waals surface area contributed by atoms with Gasteiger partial charge in [0.2, 0.25) is 0 Å². The molecule has 2 aromatic carbocycles. The quantitative estimate of drug-likeness (QED) is 0.347. The van der Waals surface area contributed by atoms with Crippen LogP contribution in [0.4, 0.5) is 13.2 Å². The molecule has 182 valence electrons. The van der Waals surface area contributed by atoms with Gasteiger partial charge in [0.05, 0.1) is 24.5 Å². The Morgan fingerprint density at radius 2 is 1.82 bits per heavy atom. The largest absolute Gasteiger partial charge is 0.497 e. The zero-order chi connectivity index (χ0) is 24.3. The first-order valence-corrected chi connectivity index (χ1v) is 12.5. The first-order chi connectivity index (χ1) is 16.3. The first kappa shape index (κ1) is 24.5. The van der Waals surface area contributed by atoms with Gasteiger partial charge in [-0.15, -0.1) is 11.8 Å². The molecular formula is C26H28F3NO3S. The minimum atomic E-state index is -4.41. The Morgan fingerprint density at radius 1 is 1.12 bits per heavy atom. The van der Waals surface area contributed by atoms with Gasteiger partial charge in [-0.3, -0.25) is 0 Å². The number of benzene rings is 2. The van der Waals surface area contributed by atoms with Gasteiger partial charge in [0, 0.05) is 21.7 Å². The van der Waals surface area contributed by atoms with Crippen LogP contribution in [0.3, 0.4) is 0 Å². The van der Waals surface area contributed by atoms with E-state index in [0.717, 1.165) is 59.8 Å². The monoisotopic (exact) mass is 491 g/mol. The molecule has 1 atom stereocenters. The topological polar surface area (TPSA) is 51.3 Å². The van der Waals surface area contributed by atoms with Crippen LogP contribution in [0.25, 0.3) is 10.9 Å². The SMILES string of the molecule is CCOC(=O)c1[nH]c2ccc(OC)cc2c1[C@@H](SC1CCCCC1)c1ccc(C(F)(F)F)cc1. The summed E-state index contributed by atoms with van der Waals surface area (Å²) in [4.78, 5) is 16.2. The van der Waals surface area contributed by atoms with Gasteiger partial charge >= 0.3 is 12.1 Å². The van der Waals surface area contributed by atoms with Gasteiger partial charge in [-0.05, 0) is 55.7 Å². The molecule has 0 radical (unpaired) electrons. The van der Waals surface area contributed by atoms with Gasteiger partial charge in [0.15, 0.2) is 0 Å². The summed E-state index contributed by atoms with van der Waals surface area (Å²) in [5.74, 6) is 0.158. The lowest BCUT2D eigenvalue weighted by molar-refractivity contribution is -0.137. The second-order valence-electron chi connectivity index (χ2n) is 8.44. The summed E-state index contributed by atoms with van der Waals surface area (Å²) in [6.45, 7) is 1.96. The average molecular weight is 492 g/mol. The molecule has 4 nitrogen and oxygen atoms in total. The zero-order valence-electron chi connectivity index (χ0n) is 19.2. The number of halogens is 3. The van der Waals surface area contributed by atoms with Crippen LogP contribution in [-0.2, 0) is 10.9 Å². The number of aromatic nitrogens is 1. The van der Waals surface area contributed by atoms with Crippen molar-refractivity contribution in [3.8, 4) is 5.75 Å². The fourth-order valence-electron chi connectivity index (χ4n) is 4.51. The molecule has 1 heterocycles. The van der Waals surface area contributed by atoms with Crippen molar-refractivity contribution in [2.45, 2.75) is 55.7 Å². The number of ether oxygens (including phenoxy) is 2. The maximum Gasteiger partial charge on any atom is 0.416 e. The number of aromatic amines is 1. The van der Waals surface area contributed by atoms with Crippen LogP contribution in [0.1, 0.15) is 71.5 Å². The van der Waals surface area contributed by atoms with E-state index in [4.69, 9.17) is 9.47 Å². The number of carbonyl (C=O) groups is 1. The number of hydrogen-bond donors (Lipinski definition) is 1. The van der Waals surface area contributed by atoms with E-state index < -0.39 is 17.7 Å². The Labute approximate surface area is 201 Å². The molecule has 1 saturated carbocycles. The van der Waals surface area contributed by atoms with Crippen LogP contribution < -0.4 is 4.74 Å². The molecule has 0 saturated heterocycles. The predicted molar refractivity (Wildman–Crippen MR) is 129 cm³/mol. The predicted octanol–water partition coefficient (Wildman–Crippen LogP) is 7.53. The minimum Gasteiger partial charge on any atom is -0.497 e. The molecule has 1 aliphatic rings. The highest BCUT2D eigenvalue weighted by atomic mass is 32.2. The molecule has 0 amide bonds. The Balaban J connectivity index is 1.87. The molecule has 3 aromatic rings. The summed E-state index contributed by atoms with van der Waals surface area (Å²) in [5.41, 5.74) is 1.84. The van der Waals surface area contributed by atoms with Crippen molar-refractivity contribution >= 4 is 28.6 Å². The molecule has 34 heavy (non-hydrogen) atoms. The van der Waals surface area contributed by atoms with E-state index in [0.29, 0.717) is 16.7 Å². The Hall–Kier alpha value is -2.61. The van der Waals surface area contributed by atoms with Gasteiger partial charge < -0.3 is 14.5 Å². The van der Waals surface area contributed by atoms with Gasteiger partial charge in [-0.1, -0.05) is 31.4 Å². The maximum absolute atomic E-state index is 13.2. The lowest BCUT2D eigenvalue weighted by Gasteiger charge is -2.27. The van der Waals surface area contributed by atoms with Crippen molar-refractivity contribution in [3.05, 3.63) is 64.8 Å². The number of methoxy groups -OCH3 is 1. The Morgan fingerprint density at radius 3 is 2.44 bits per heavy atom. The molecule has 1 fully saturated rings. The highest BCUT2D eigenvalue weighted by Gasteiger charge is 2.33.